The Bertz CT molecular complexity index is 1320. The maximum atomic E-state index is 12.1. The Morgan fingerprint density at radius 2 is 2.03 bits per heavy atom. The largest absolute Gasteiger partial charge is 0.462 e. The van der Waals surface area contributed by atoms with Gasteiger partial charge in [-0.1, -0.05) is 35.1 Å². The normalized spacial score (nSPS) is 11.1. The number of rotatable bonds is 8. The lowest BCUT2D eigenvalue weighted by Gasteiger charge is -2.11. The lowest BCUT2D eigenvalue weighted by Crippen LogP contribution is -2.07. The van der Waals surface area contributed by atoms with E-state index in [0.29, 0.717) is 46.3 Å². The van der Waals surface area contributed by atoms with Crippen molar-refractivity contribution >= 4 is 57.0 Å². The van der Waals surface area contributed by atoms with Crippen molar-refractivity contribution in [2.75, 3.05) is 17.2 Å². The summed E-state index contributed by atoms with van der Waals surface area (Å²) in [5, 5.41) is 7.71. The number of carbonyl (C=O) groups is 1. The van der Waals surface area contributed by atoms with Crippen molar-refractivity contribution in [2.24, 2.45) is 0 Å². The van der Waals surface area contributed by atoms with E-state index in [1.54, 1.807) is 20.2 Å². The summed E-state index contributed by atoms with van der Waals surface area (Å²) in [6, 6.07) is 5.95. The maximum Gasteiger partial charge on any atom is 0.350 e. The number of imidazole rings is 1. The van der Waals surface area contributed by atoms with Crippen LogP contribution >= 0.6 is 22.9 Å². The Hall–Kier alpha value is -3.24. The number of ether oxygens (including phenoxy) is 1. The number of aromatic nitrogens is 5. The minimum absolute atomic E-state index is 0.306. The minimum atomic E-state index is -0.391. The first-order valence-electron chi connectivity index (χ1n) is 10.5. The lowest BCUT2D eigenvalue weighted by molar-refractivity contribution is 0.0531. The molecule has 0 aliphatic rings. The molecule has 0 aliphatic carbocycles. The van der Waals surface area contributed by atoms with Crippen molar-refractivity contribution in [3.63, 3.8) is 0 Å². The van der Waals surface area contributed by atoms with Crippen LogP contribution in [0.25, 0.3) is 11.2 Å². The molecule has 0 bridgehead atoms. The summed E-state index contributed by atoms with van der Waals surface area (Å²) in [4.78, 5) is 30.6. The molecule has 1 aromatic carbocycles. The molecule has 0 atom stereocenters. The Labute approximate surface area is 200 Å². The van der Waals surface area contributed by atoms with Gasteiger partial charge in [-0.25, -0.2) is 14.8 Å². The van der Waals surface area contributed by atoms with Crippen LogP contribution in [0, 0.1) is 13.8 Å². The number of esters is 1. The average Bonchev–Trinajstić information content (AvgIpc) is 3.37. The molecule has 0 aliphatic heterocycles. The van der Waals surface area contributed by atoms with Crippen LogP contribution in [0.15, 0.2) is 24.5 Å². The van der Waals surface area contributed by atoms with Gasteiger partial charge in [-0.15, -0.1) is 0 Å². The Balaban J connectivity index is 1.64. The molecule has 0 amide bonds. The molecule has 33 heavy (non-hydrogen) atoms. The molecule has 172 valence electrons. The van der Waals surface area contributed by atoms with Crippen molar-refractivity contribution in [2.45, 2.75) is 40.8 Å². The molecule has 0 fully saturated rings. The zero-order chi connectivity index (χ0) is 23.5. The van der Waals surface area contributed by atoms with Crippen molar-refractivity contribution in [1.82, 2.24) is 24.5 Å². The molecule has 2 N–H and O–H groups in total. The summed E-state index contributed by atoms with van der Waals surface area (Å²) in [7, 11) is 0. The molecular formula is C22H24ClN7O2S. The lowest BCUT2D eigenvalue weighted by atomic mass is 10.1. The highest BCUT2D eigenvalue weighted by atomic mass is 35.5. The van der Waals surface area contributed by atoms with Crippen LogP contribution in [0.2, 0.25) is 5.02 Å². The van der Waals surface area contributed by atoms with Gasteiger partial charge in [-0.2, -0.15) is 9.97 Å². The number of hydrogen-bond acceptors (Lipinski definition) is 9. The van der Waals surface area contributed by atoms with Gasteiger partial charge in [0.25, 0.3) is 0 Å². The predicted molar refractivity (Wildman–Crippen MR) is 131 cm³/mol. The van der Waals surface area contributed by atoms with Gasteiger partial charge in [0.1, 0.15) is 10.4 Å². The monoisotopic (exact) mass is 485 g/mol. The first-order chi connectivity index (χ1) is 15.9. The minimum Gasteiger partial charge on any atom is -0.462 e. The number of halogens is 1. The molecule has 0 radical (unpaired) electrons. The van der Waals surface area contributed by atoms with Crippen LogP contribution < -0.4 is 10.6 Å². The molecular weight excluding hydrogens is 462 g/mol. The van der Waals surface area contributed by atoms with Crippen LogP contribution in [0.4, 0.5) is 16.9 Å². The molecule has 0 unspecified atom stereocenters. The van der Waals surface area contributed by atoms with Crippen LogP contribution in [0.5, 0.6) is 0 Å². The van der Waals surface area contributed by atoms with E-state index in [4.69, 9.17) is 16.3 Å². The molecule has 0 saturated heterocycles. The average molecular weight is 486 g/mol. The van der Waals surface area contributed by atoms with Crippen LogP contribution in [-0.4, -0.2) is 37.1 Å². The molecule has 11 heteroatoms. The van der Waals surface area contributed by atoms with Crippen LogP contribution in [0.1, 0.15) is 40.3 Å². The third-order valence-electron chi connectivity index (χ3n) is 4.99. The third-order valence-corrected chi connectivity index (χ3v) is 6.45. The van der Waals surface area contributed by atoms with Gasteiger partial charge in [-0.05, 0) is 44.9 Å². The number of nitrogens with one attached hydrogen (secondary N) is 2. The highest BCUT2D eigenvalue weighted by molar-refractivity contribution is 7.17. The van der Waals surface area contributed by atoms with Gasteiger partial charge in [0, 0.05) is 18.1 Å². The molecule has 0 spiro atoms. The smallest absolute Gasteiger partial charge is 0.350 e. The van der Waals surface area contributed by atoms with Crippen molar-refractivity contribution in [1.29, 1.82) is 0 Å². The number of anilines is 3. The fourth-order valence-corrected chi connectivity index (χ4v) is 4.32. The Kier molecular flexibility index (Phi) is 6.75. The third kappa shape index (κ3) is 4.91. The Morgan fingerprint density at radius 1 is 1.21 bits per heavy atom. The van der Waals surface area contributed by atoms with Gasteiger partial charge in [0.15, 0.2) is 16.6 Å². The quantitative estimate of drug-likeness (QED) is 0.332. The molecule has 9 nitrogen and oxygen atoms in total. The number of fused-ring (bicyclic) bond motifs is 1. The summed E-state index contributed by atoms with van der Waals surface area (Å²) < 4.78 is 7.08. The summed E-state index contributed by atoms with van der Waals surface area (Å²) in [5.74, 6) is 0.576. The second-order valence-electron chi connectivity index (χ2n) is 7.31. The van der Waals surface area contributed by atoms with E-state index in [2.05, 4.69) is 30.6 Å². The maximum absolute atomic E-state index is 12.1. The second-order valence-corrected chi connectivity index (χ2v) is 8.72. The van der Waals surface area contributed by atoms with E-state index in [0.717, 1.165) is 28.2 Å². The number of aryl methyl sites for hydroxylation is 3. The van der Waals surface area contributed by atoms with Crippen LogP contribution in [0.3, 0.4) is 0 Å². The molecule has 3 aromatic heterocycles. The predicted octanol–water partition coefficient (Wildman–Crippen LogP) is 5.11. The zero-order valence-electron chi connectivity index (χ0n) is 18.8. The van der Waals surface area contributed by atoms with Gasteiger partial charge >= 0.3 is 5.97 Å². The number of benzene rings is 1. The van der Waals surface area contributed by atoms with E-state index < -0.39 is 5.97 Å². The SMILES string of the molecule is CCOC(=O)c1sc(Nc2nc(NCc3ccc(C)c(Cl)c3)c3c(ncn3CC)n2)nc1C. The number of thiazole rings is 1. The summed E-state index contributed by atoms with van der Waals surface area (Å²) in [6.07, 6.45) is 1.74. The number of hydrogen-bond donors (Lipinski definition) is 2. The standard InChI is InChI=1S/C22H24ClN7O2S/c1-5-30-11-25-19-16(30)18(24-10-14-8-7-12(3)15(23)9-14)27-21(28-19)29-22-26-13(4)17(33-22)20(31)32-6-2/h7-9,11H,5-6,10H2,1-4H3,(H2,24,26,27,28,29). The Morgan fingerprint density at radius 3 is 2.76 bits per heavy atom. The topological polar surface area (TPSA) is 107 Å². The van der Waals surface area contributed by atoms with Crippen LogP contribution in [-0.2, 0) is 17.8 Å². The number of carbonyl (C=O) groups excluding carboxylic acids is 1. The van der Waals surface area contributed by atoms with Crippen molar-refractivity contribution in [3.05, 3.63) is 51.2 Å². The fourth-order valence-electron chi connectivity index (χ4n) is 3.26. The number of nitrogens with zero attached hydrogens (tertiary/aromatic N) is 5. The zero-order valence-corrected chi connectivity index (χ0v) is 20.3. The van der Waals surface area contributed by atoms with E-state index in [1.807, 2.05) is 36.6 Å². The summed E-state index contributed by atoms with van der Waals surface area (Å²) >= 11 is 7.48. The first-order valence-corrected chi connectivity index (χ1v) is 11.7. The van der Waals surface area contributed by atoms with Gasteiger partial charge in [-0.3, -0.25) is 5.32 Å². The van der Waals surface area contributed by atoms with Crippen molar-refractivity contribution < 1.29 is 9.53 Å². The van der Waals surface area contributed by atoms with E-state index in [1.165, 1.54) is 11.3 Å². The molecule has 4 aromatic rings. The van der Waals surface area contributed by atoms with E-state index in [9.17, 15) is 4.79 Å². The van der Waals surface area contributed by atoms with Gasteiger partial charge in [0.05, 0.1) is 18.6 Å². The molecule has 0 saturated carbocycles. The fraction of sp³-hybridized carbons (Fsp3) is 0.318. The summed E-state index contributed by atoms with van der Waals surface area (Å²) in [5.41, 5.74) is 4.01. The molecule has 4 rings (SSSR count). The first kappa shape index (κ1) is 22.9. The highest BCUT2D eigenvalue weighted by Gasteiger charge is 2.18. The second kappa shape index (κ2) is 9.72. The van der Waals surface area contributed by atoms with E-state index in [-0.39, 0.29) is 0 Å². The van der Waals surface area contributed by atoms with E-state index >= 15 is 0 Å². The highest BCUT2D eigenvalue weighted by Crippen LogP contribution is 2.28. The summed E-state index contributed by atoms with van der Waals surface area (Å²) in [6.45, 7) is 9.10. The van der Waals surface area contributed by atoms with Crippen molar-refractivity contribution in [3.8, 4) is 0 Å². The van der Waals surface area contributed by atoms with Gasteiger partial charge in [0.2, 0.25) is 5.95 Å². The van der Waals surface area contributed by atoms with Gasteiger partial charge < -0.3 is 14.6 Å². The molecule has 3 heterocycles.